The molecule has 4 nitrogen and oxygen atoms in total. The number of hydrogen-bond donors (Lipinski definition) is 0. The number of ketones is 1. The number of hydrogen-bond acceptors (Lipinski definition) is 4. The van der Waals surface area contributed by atoms with E-state index in [1.165, 1.54) is 26.2 Å². The molecule has 0 bridgehead atoms. The van der Waals surface area contributed by atoms with E-state index in [1.807, 2.05) is 24.3 Å². The van der Waals surface area contributed by atoms with Crippen molar-refractivity contribution in [3.05, 3.63) is 29.8 Å². The fourth-order valence-corrected chi connectivity index (χ4v) is 3.23. The van der Waals surface area contributed by atoms with Crippen LogP contribution >= 0.6 is 0 Å². The number of Topliss-reactive ketones (excluding diaryl/α,β-unsaturated/α-hetero) is 1. The third kappa shape index (κ3) is 5.08. The van der Waals surface area contributed by atoms with E-state index < -0.39 is 0 Å². The molecule has 1 saturated carbocycles. The molecule has 1 fully saturated rings. The number of anilines is 1. The summed E-state index contributed by atoms with van der Waals surface area (Å²) >= 11 is 0. The van der Waals surface area contributed by atoms with E-state index in [-0.39, 0.29) is 17.7 Å². The van der Waals surface area contributed by atoms with Crippen molar-refractivity contribution < 1.29 is 14.3 Å². The number of benzene rings is 1. The topological polar surface area (TPSA) is 46.6 Å². The zero-order valence-corrected chi connectivity index (χ0v) is 14.2. The third-order valence-corrected chi connectivity index (χ3v) is 4.52. The molecule has 0 heterocycles. The Bertz CT molecular complexity index is 535. The van der Waals surface area contributed by atoms with Gasteiger partial charge in [-0.25, -0.2) is 0 Å². The van der Waals surface area contributed by atoms with Gasteiger partial charge in [0.2, 0.25) is 0 Å². The van der Waals surface area contributed by atoms with Crippen LogP contribution in [0.15, 0.2) is 24.3 Å². The van der Waals surface area contributed by atoms with Gasteiger partial charge in [-0.2, -0.15) is 0 Å². The average Bonchev–Trinajstić information content (AvgIpc) is 2.59. The second kappa shape index (κ2) is 8.70. The van der Waals surface area contributed by atoms with E-state index >= 15 is 0 Å². The highest BCUT2D eigenvalue weighted by molar-refractivity contribution is 5.98. The molecule has 0 atom stereocenters. The van der Waals surface area contributed by atoms with Gasteiger partial charge in [0, 0.05) is 30.6 Å². The molecular weight excluding hydrogens is 290 g/mol. The van der Waals surface area contributed by atoms with Gasteiger partial charge in [0.15, 0.2) is 5.78 Å². The van der Waals surface area contributed by atoms with Gasteiger partial charge in [0.25, 0.3) is 0 Å². The minimum Gasteiger partial charge on any atom is -0.464 e. The van der Waals surface area contributed by atoms with E-state index in [2.05, 4.69) is 11.8 Å². The molecule has 1 aliphatic rings. The summed E-state index contributed by atoms with van der Waals surface area (Å²) in [5.74, 6) is 0.208. The van der Waals surface area contributed by atoms with E-state index in [4.69, 9.17) is 4.74 Å². The highest BCUT2D eigenvalue weighted by Crippen LogP contribution is 2.28. The Labute approximate surface area is 138 Å². The lowest BCUT2D eigenvalue weighted by Crippen LogP contribution is -2.28. The first-order chi connectivity index (χ1) is 11.1. The fourth-order valence-electron chi connectivity index (χ4n) is 3.23. The first kappa shape index (κ1) is 17.5. The minimum absolute atomic E-state index is 0.190. The fraction of sp³-hybridized carbons (Fsp3) is 0.579. The van der Waals surface area contributed by atoms with E-state index in [0.717, 1.165) is 30.6 Å². The number of carbonyl (C=O) groups excluding carboxylic acids is 2. The lowest BCUT2D eigenvalue weighted by Gasteiger charge is -2.24. The van der Waals surface area contributed by atoms with Crippen molar-refractivity contribution in [1.29, 1.82) is 0 Å². The molecule has 1 aromatic carbocycles. The Morgan fingerprint density at radius 2 is 1.96 bits per heavy atom. The number of esters is 1. The lowest BCUT2D eigenvalue weighted by molar-refractivity contribution is -0.140. The van der Waals surface area contributed by atoms with Gasteiger partial charge in [0.05, 0.1) is 6.54 Å². The minimum atomic E-state index is -0.262. The smallest absolute Gasteiger partial charge is 0.302 e. The number of likely N-dealkylation sites (N-methyl/N-ethyl adjacent to an activating group) is 1. The molecule has 0 aliphatic heterocycles. The second-order valence-corrected chi connectivity index (χ2v) is 6.17. The van der Waals surface area contributed by atoms with Crippen LogP contribution < -0.4 is 4.90 Å². The maximum absolute atomic E-state index is 12.7. The maximum Gasteiger partial charge on any atom is 0.302 e. The van der Waals surface area contributed by atoms with Crippen LogP contribution in [0.25, 0.3) is 0 Å². The second-order valence-electron chi connectivity index (χ2n) is 6.17. The van der Waals surface area contributed by atoms with Crippen LogP contribution in [-0.4, -0.2) is 31.4 Å². The predicted octanol–water partition coefficient (Wildman–Crippen LogP) is 3.84. The van der Waals surface area contributed by atoms with Crippen LogP contribution in [0, 0.1) is 5.92 Å². The molecule has 0 unspecified atom stereocenters. The van der Waals surface area contributed by atoms with Crippen molar-refractivity contribution >= 4 is 17.4 Å². The Balaban J connectivity index is 2.04. The van der Waals surface area contributed by atoms with Gasteiger partial charge >= 0.3 is 5.97 Å². The van der Waals surface area contributed by atoms with Crippen LogP contribution in [0.1, 0.15) is 56.3 Å². The zero-order chi connectivity index (χ0) is 16.7. The molecule has 4 heteroatoms. The lowest BCUT2D eigenvalue weighted by atomic mass is 9.84. The van der Waals surface area contributed by atoms with Crippen LogP contribution in [-0.2, 0) is 9.53 Å². The van der Waals surface area contributed by atoms with E-state index in [1.54, 1.807) is 0 Å². The summed E-state index contributed by atoms with van der Waals surface area (Å²) in [6, 6.07) is 7.85. The van der Waals surface area contributed by atoms with Gasteiger partial charge in [-0.3, -0.25) is 9.59 Å². The molecule has 2 rings (SSSR count). The largest absolute Gasteiger partial charge is 0.464 e. The normalized spacial score (nSPS) is 15.2. The summed E-state index contributed by atoms with van der Waals surface area (Å²) < 4.78 is 5.02. The molecule has 0 saturated heterocycles. The molecule has 0 aromatic heterocycles. The quantitative estimate of drug-likeness (QED) is 0.566. The highest BCUT2D eigenvalue weighted by Gasteiger charge is 2.22. The van der Waals surface area contributed by atoms with Crippen LogP contribution in [0.4, 0.5) is 5.69 Å². The van der Waals surface area contributed by atoms with Crippen molar-refractivity contribution in [2.75, 3.05) is 24.6 Å². The van der Waals surface area contributed by atoms with Gasteiger partial charge in [0.1, 0.15) is 6.61 Å². The Kier molecular flexibility index (Phi) is 6.63. The summed E-state index contributed by atoms with van der Waals surface area (Å²) in [5, 5.41) is 0. The summed E-state index contributed by atoms with van der Waals surface area (Å²) in [6.45, 7) is 5.28. The van der Waals surface area contributed by atoms with Gasteiger partial charge < -0.3 is 9.64 Å². The molecular formula is C19H27NO3. The average molecular weight is 317 g/mol. The summed E-state index contributed by atoms with van der Waals surface area (Å²) in [5.41, 5.74) is 1.82. The van der Waals surface area contributed by atoms with E-state index in [0.29, 0.717) is 13.2 Å². The molecule has 1 aliphatic carbocycles. The van der Waals surface area contributed by atoms with Gasteiger partial charge in [-0.05, 0) is 31.9 Å². The molecule has 1 aromatic rings. The summed E-state index contributed by atoms with van der Waals surface area (Å²) in [7, 11) is 0. The van der Waals surface area contributed by atoms with Crippen molar-refractivity contribution in [2.45, 2.75) is 46.0 Å². The van der Waals surface area contributed by atoms with Crippen LogP contribution in [0.3, 0.4) is 0 Å². The van der Waals surface area contributed by atoms with Crippen molar-refractivity contribution in [1.82, 2.24) is 0 Å². The van der Waals surface area contributed by atoms with Crippen LogP contribution in [0.2, 0.25) is 0 Å². The van der Waals surface area contributed by atoms with Crippen LogP contribution in [0.5, 0.6) is 0 Å². The number of rotatable bonds is 7. The van der Waals surface area contributed by atoms with Crippen molar-refractivity contribution in [3.8, 4) is 0 Å². The molecule has 0 radical (unpaired) electrons. The Morgan fingerprint density at radius 3 is 2.61 bits per heavy atom. The maximum atomic E-state index is 12.7. The monoisotopic (exact) mass is 317 g/mol. The standard InChI is InChI=1S/C19H27NO3/c1-3-20(12-13-23-15(2)21)18-11-7-10-17(14-18)19(22)16-8-5-4-6-9-16/h7,10-11,14,16H,3-6,8-9,12-13H2,1-2H3. The van der Waals surface area contributed by atoms with Crippen molar-refractivity contribution in [2.24, 2.45) is 5.92 Å². The Morgan fingerprint density at radius 1 is 1.22 bits per heavy atom. The Hall–Kier alpha value is -1.84. The summed E-state index contributed by atoms with van der Waals surface area (Å²) in [4.78, 5) is 25.7. The van der Waals surface area contributed by atoms with E-state index in [9.17, 15) is 9.59 Å². The molecule has 126 valence electrons. The van der Waals surface area contributed by atoms with Gasteiger partial charge in [-0.15, -0.1) is 0 Å². The molecule has 23 heavy (non-hydrogen) atoms. The third-order valence-electron chi connectivity index (χ3n) is 4.52. The SMILES string of the molecule is CCN(CCOC(C)=O)c1cccc(C(=O)C2CCCCC2)c1. The first-order valence-electron chi connectivity index (χ1n) is 8.64. The summed E-state index contributed by atoms with van der Waals surface area (Å²) in [6.07, 6.45) is 5.63. The zero-order valence-electron chi connectivity index (χ0n) is 14.2. The first-order valence-corrected chi connectivity index (χ1v) is 8.64. The van der Waals surface area contributed by atoms with Gasteiger partial charge in [-0.1, -0.05) is 31.4 Å². The van der Waals surface area contributed by atoms with Crippen molar-refractivity contribution in [3.63, 3.8) is 0 Å². The molecule has 0 N–H and O–H groups in total. The number of carbonyl (C=O) groups is 2. The number of ether oxygens (including phenoxy) is 1. The molecule has 0 amide bonds. The number of nitrogens with zero attached hydrogens (tertiary/aromatic N) is 1. The predicted molar refractivity (Wildman–Crippen MR) is 91.9 cm³/mol. The molecule has 0 spiro atoms. The highest BCUT2D eigenvalue weighted by atomic mass is 16.5.